The van der Waals surface area contributed by atoms with Crippen LogP contribution in [0.15, 0.2) is 182 Å². The molecule has 10 rings (SSSR count). The quantitative estimate of drug-likeness (QED) is 0.169. The van der Waals surface area contributed by atoms with Crippen LogP contribution >= 0.6 is 0 Å². The molecule has 0 unspecified atom stereocenters. The van der Waals surface area contributed by atoms with E-state index in [1.54, 1.807) is 0 Å². The molecule has 4 nitrogen and oxygen atoms in total. The molecule has 0 saturated heterocycles. The van der Waals surface area contributed by atoms with E-state index < -0.39 is 0 Å². The first-order valence-corrected chi connectivity index (χ1v) is 18.0. The van der Waals surface area contributed by atoms with Crippen LogP contribution in [-0.2, 0) is 0 Å². The molecule has 0 radical (unpaired) electrons. The summed E-state index contributed by atoms with van der Waals surface area (Å²) in [7, 11) is 0. The van der Waals surface area contributed by atoms with E-state index in [2.05, 4.69) is 127 Å². The van der Waals surface area contributed by atoms with Crippen molar-refractivity contribution >= 4 is 43.2 Å². The van der Waals surface area contributed by atoms with Gasteiger partial charge in [0.1, 0.15) is 0 Å². The van der Waals surface area contributed by atoms with E-state index in [0.29, 0.717) is 11.4 Å². The zero-order valence-electron chi connectivity index (χ0n) is 29.1. The lowest BCUT2D eigenvalue weighted by Gasteiger charge is -2.17. The highest BCUT2D eigenvalue weighted by atomic mass is 14.9. The summed E-state index contributed by atoms with van der Waals surface area (Å²) in [5, 5.41) is 17.7. The second-order valence-electron chi connectivity index (χ2n) is 13.5. The molecular formula is C50H30N4. The minimum atomic E-state index is 0.621. The second kappa shape index (κ2) is 12.9. The highest BCUT2D eigenvalue weighted by Crippen LogP contribution is 2.43. The molecule has 10 aromatic rings. The summed E-state index contributed by atoms with van der Waals surface area (Å²) in [6.07, 6.45) is 0. The average Bonchev–Trinajstić information content (AvgIpc) is 3.26. The van der Waals surface area contributed by atoms with E-state index in [4.69, 9.17) is 15.0 Å². The lowest BCUT2D eigenvalue weighted by molar-refractivity contribution is 1.18. The molecule has 2 aromatic heterocycles. The van der Waals surface area contributed by atoms with Crippen LogP contribution in [-0.4, -0.2) is 15.0 Å². The Morgan fingerprint density at radius 2 is 0.870 bits per heavy atom. The fourth-order valence-electron chi connectivity index (χ4n) is 7.70. The third-order valence-electron chi connectivity index (χ3n) is 10.3. The normalized spacial score (nSPS) is 11.3. The van der Waals surface area contributed by atoms with Gasteiger partial charge in [0.05, 0.1) is 34.2 Å². The SMILES string of the molecule is N#Cc1ccc(-c2nc3cc(-c4cccc(-c5nc(-c6ccccc6)cc(-c6ccccc6)n5)c4)ccc3c3c4ccccc4c4ccccc4c23)cc1. The van der Waals surface area contributed by atoms with Gasteiger partial charge < -0.3 is 0 Å². The molecule has 250 valence electrons. The Balaban J connectivity index is 1.18. The standard InChI is InChI=1S/C50H30N4/c51-31-32-22-24-35(25-23-32)49-48-42-21-10-8-19-40(42)39-18-7-9-20-41(39)47(48)43-27-26-37(29-46(43)52-49)36-16-11-17-38(28-36)50-53-44(33-12-3-1-4-13-33)30-45(54-50)34-14-5-2-6-15-34/h1-30H. The number of fused-ring (bicyclic) bond motifs is 8. The number of rotatable bonds is 5. The van der Waals surface area contributed by atoms with Crippen molar-refractivity contribution in [1.82, 2.24) is 15.0 Å². The molecule has 0 N–H and O–H groups in total. The first-order valence-electron chi connectivity index (χ1n) is 18.0. The Kier molecular flexibility index (Phi) is 7.49. The average molecular weight is 687 g/mol. The third-order valence-corrected chi connectivity index (χ3v) is 10.3. The predicted octanol–water partition coefficient (Wildman–Crippen LogP) is 12.7. The van der Waals surface area contributed by atoms with Gasteiger partial charge in [-0.05, 0) is 63.0 Å². The first kappa shape index (κ1) is 31.3. The second-order valence-corrected chi connectivity index (χ2v) is 13.5. The Morgan fingerprint density at radius 1 is 0.352 bits per heavy atom. The van der Waals surface area contributed by atoms with Crippen molar-refractivity contribution in [2.75, 3.05) is 0 Å². The van der Waals surface area contributed by atoms with Crippen molar-refractivity contribution in [2.24, 2.45) is 0 Å². The molecule has 0 spiro atoms. The summed E-state index contributed by atoms with van der Waals surface area (Å²) in [6, 6.07) is 64.9. The number of aromatic nitrogens is 3. The summed E-state index contributed by atoms with van der Waals surface area (Å²) in [5.74, 6) is 0.670. The zero-order valence-corrected chi connectivity index (χ0v) is 29.1. The highest BCUT2D eigenvalue weighted by Gasteiger charge is 2.18. The summed E-state index contributed by atoms with van der Waals surface area (Å²) >= 11 is 0. The molecule has 0 fully saturated rings. The van der Waals surface area contributed by atoms with Gasteiger partial charge in [-0.1, -0.05) is 152 Å². The van der Waals surface area contributed by atoms with Gasteiger partial charge in [0.25, 0.3) is 0 Å². The molecule has 4 heteroatoms. The third kappa shape index (κ3) is 5.35. The van der Waals surface area contributed by atoms with E-state index in [-0.39, 0.29) is 0 Å². The number of benzene rings is 8. The number of pyridine rings is 1. The van der Waals surface area contributed by atoms with Crippen molar-refractivity contribution in [1.29, 1.82) is 5.26 Å². The summed E-state index contributed by atoms with van der Waals surface area (Å²) in [6.45, 7) is 0. The molecule has 8 aromatic carbocycles. The fraction of sp³-hybridized carbons (Fsp3) is 0. The smallest absolute Gasteiger partial charge is 0.160 e. The van der Waals surface area contributed by atoms with Crippen LogP contribution in [0.25, 0.3) is 99.5 Å². The van der Waals surface area contributed by atoms with Gasteiger partial charge in [0.15, 0.2) is 5.82 Å². The maximum atomic E-state index is 9.56. The molecule has 0 bridgehead atoms. The molecule has 2 heterocycles. The molecule has 0 aliphatic rings. The Hall–Kier alpha value is -7.48. The fourth-order valence-corrected chi connectivity index (χ4v) is 7.70. The molecule has 0 atom stereocenters. The number of hydrogen-bond acceptors (Lipinski definition) is 4. The maximum absolute atomic E-state index is 9.56. The van der Waals surface area contributed by atoms with E-state index in [9.17, 15) is 5.26 Å². The van der Waals surface area contributed by atoms with E-state index in [0.717, 1.165) is 72.1 Å². The van der Waals surface area contributed by atoms with Gasteiger partial charge in [-0.2, -0.15) is 5.26 Å². The molecule has 0 amide bonds. The largest absolute Gasteiger partial charge is 0.247 e. The summed E-state index contributed by atoms with van der Waals surface area (Å²) in [4.78, 5) is 15.6. The molecule has 54 heavy (non-hydrogen) atoms. The molecular weight excluding hydrogens is 657 g/mol. The van der Waals surface area contributed by atoms with Crippen LogP contribution < -0.4 is 0 Å². The van der Waals surface area contributed by atoms with Crippen LogP contribution in [0.1, 0.15) is 5.56 Å². The van der Waals surface area contributed by atoms with Crippen molar-refractivity contribution in [3.63, 3.8) is 0 Å². The Morgan fingerprint density at radius 3 is 1.50 bits per heavy atom. The lowest BCUT2D eigenvalue weighted by atomic mass is 9.89. The van der Waals surface area contributed by atoms with Gasteiger partial charge in [0, 0.05) is 38.4 Å². The van der Waals surface area contributed by atoms with Crippen molar-refractivity contribution in [2.45, 2.75) is 0 Å². The summed E-state index contributed by atoms with van der Waals surface area (Å²) in [5.41, 5.74) is 10.3. The first-order chi connectivity index (χ1) is 26.7. The van der Waals surface area contributed by atoms with Gasteiger partial charge in [0.2, 0.25) is 0 Å². The highest BCUT2D eigenvalue weighted by molar-refractivity contribution is 6.33. The van der Waals surface area contributed by atoms with Crippen molar-refractivity contribution in [3.05, 3.63) is 188 Å². The van der Waals surface area contributed by atoms with E-state index >= 15 is 0 Å². The number of nitriles is 1. The van der Waals surface area contributed by atoms with Gasteiger partial charge >= 0.3 is 0 Å². The van der Waals surface area contributed by atoms with Crippen LogP contribution in [0.5, 0.6) is 0 Å². The van der Waals surface area contributed by atoms with Crippen molar-refractivity contribution < 1.29 is 0 Å². The van der Waals surface area contributed by atoms with Crippen LogP contribution in [0.3, 0.4) is 0 Å². The van der Waals surface area contributed by atoms with Gasteiger partial charge in [-0.15, -0.1) is 0 Å². The minimum Gasteiger partial charge on any atom is -0.247 e. The topological polar surface area (TPSA) is 62.5 Å². The lowest BCUT2D eigenvalue weighted by Crippen LogP contribution is -1.96. The van der Waals surface area contributed by atoms with Crippen molar-refractivity contribution in [3.8, 4) is 62.4 Å². The Bertz CT molecular complexity index is 3030. The van der Waals surface area contributed by atoms with Crippen LogP contribution in [0.4, 0.5) is 0 Å². The van der Waals surface area contributed by atoms with Crippen LogP contribution in [0.2, 0.25) is 0 Å². The zero-order chi connectivity index (χ0) is 36.0. The Labute approximate surface area is 312 Å². The van der Waals surface area contributed by atoms with E-state index in [1.807, 2.05) is 60.7 Å². The predicted molar refractivity (Wildman–Crippen MR) is 222 cm³/mol. The molecule has 0 aliphatic heterocycles. The molecule has 0 aliphatic carbocycles. The van der Waals surface area contributed by atoms with Crippen LogP contribution in [0, 0.1) is 11.3 Å². The van der Waals surface area contributed by atoms with Gasteiger partial charge in [-0.3, -0.25) is 0 Å². The van der Waals surface area contributed by atoms with Gasteiger partial charge in [-0.25, -0.2) is 15.0 Å². The monoisotopic (exact) mass is 686 g/mol. The number of nitrogens with zero attached hydrogens (tertiary/aromatic N) is 4. The maximum Gasteiger partial charge on any atom is 0.160 e. The number of hydrogen-bond donors (Lipinski definition) is 0. The summed E-state index contributed by atoms with van der Waals surface area (Å²) < 4.78 is 0. The van der Waals surface area contributed by atoms with E-state index in [1.165, 1.54) is 21.5 Å². The molecule has 0 saturated carbocycles. The minimum absolute atomic E-state index is 0.621.